The van der Waals surface area contributed by atoms with E-state index in [1.54, 1.807) is 24.3 Å². The summed E-state index contributed by atoms with van der Waals surface area (Å²) in [6.45, 7) is 1.51. The van der Waals surface area contributed by atoms with E-state index in [-0.39, 0.29) is 11.8 Å². The molecule has 0 aromatic heterocycles. The Bertz CT molecular complexity index is 689. The SMILES string of the molecule is Cc1ccc(C(=O)CN2C(=O)C(=O)N(C3CCCCC3)C2=O)cc1. The highest BCUT2D eigenvalue weighted by Gasteiger charge is 2.48. The normalized spacial score (nSPS) is 19.3. The standard InChI is InChI=1S/C18H20N2O4/c1-12-7-9-13(10-8-12)15(21)11-19-16(22)17(23)20(18(19)24)14-5-3-2-4-6-14/h7-10,14H,2-6,11H2,1H3. The van der Waals surface area contributed by atoms with Gasteiger partial charge in [0.25, 0.3) is 0 Å². The highest BCUT2D eigenvalue weighted by atomic mass is 16.2. The topological polar surface area (TPSA) is 74.8 Å². The van der Waals surface area contributed by atoms with Gasteiger partial charge in [-0.15, -0.1) is 0 Å². The summed E-state index contributed by atoms with van der Waals surface area (Å²) in [7, 11) is 0. The molecule has 1 saturated heterocycles. The summed E-state index contributed by atoms with van der Waals surface area (Å²) in [4.78, 5) is 51.0. The number of nitrogens with zero attached hydrogens (tertiary/aromatic N) is 2. The van der Waals surface area contributed by atoms with Gasteiger partial charge in [0.15, 0.2) is 5.78 Å². The monoisotopic (exact) mass is 328 g/mol. The third-order valence-electron chi connectivity index (χ3n) is 4.70. The molecule has 3 rings (SSSR count). The van der Waals surface area contributed by atoms with Gasteiger partial charge in [-0.2, -0.15) is 0 Å². The maximum Gasteiger partial charge on any atom is 0.334 e. The lowest BCUT2D eigenvalue weighted by Crippen LogP contribution is -2.43. The average Bonchev–Trinajstić information content (AvgIpc) is 2.80. The van der Waals surface area contributed by atoms with Crippen molar-refractivity contribution in [1.29, 1.82) is 0 Å². The Morgan fingerprint density at radius 2 is 1.62 bits per heavy atom. The summed E-state index contributed by atoms with van der Waals surface area (Å²) >= 11 is 0. The minimum atomic E-state index is -0.897. The molecule has 0 N–H and O–H groups in total. The Kier molecular flexibility index (Phi) is 4.46. The number of hydrogen-bond donors (Lipinski definition) is 0. The molecule has 2 aliphatic rings. The van der Waals surface area contributed by atoms with Crippen molar-refractivity contribution in [2.75, 3.05) is 6.54 Å². The lowest BCUT2D eigenvalue weighted by Gasteiger charge is -2.28. The van der Waals surface area contributed by atoms with Gasteiger partial charge in [-0.05, 0) is 19.8 Å². The van der Waals surface area contributed by atoms with Crippen molar-refractivity contribution >= 4 is 23.6 Å². The number of carbonyl (C=O) groups is 4. The summed E-state index contributed by atoms with van der Waals surface area (Å²) in [5.74, 6) is -2.05. The zero-order valence-corrected chi connectivity index (χ0v) is 13.7. The third kappa shape index (κ3) is 2.96. The van der Waals surface area contributed by atoms with Crippen molar-refractivity contribution in [3.63, 3.8) is 0 Å². The highest BCUT2D eigenvalue weighted by molar-refractivity contribution is 6.45. The summed E-state index contributed by atoms with van der Waals surface area (Å²) in [5, 5.41) is 0. The number of imide groups is 2. The third-order valence-corrected chi connectivity index (χ3v) is 4.70. The second-order valence-electron chi connectivity index (χ2n) is 6.43. The fraction of sp³-hybridized carbons (Fsp3) is 0.444. The first-order chi connectivity index (χ1) is 11.5. The number of aryl methyl sites for hydroxylation is 1. The molecule has 4 amide bonds. The summed E-state index contributed by atoms with van der Waals surface area (Å²) < 4.78 is 0. The minimum Gasteiger partial charge on any atom is -0.292 e. The number of benzene rings is 1. The van der Waals surface area contributed by atoms with Crippen LogP contribution in [0, 0.1) is 6.92 Å². The van der Waals surface area contributed by atoms with E-state index < -0.39 is 24.4 Å². The maximum atomic E-state index is 12.5. The average molecular weight is 328 g/mol. The molecule has 0 bridgehead atoms. The molecule has 2 fully saturated rings. The van der Waals surface area contributed by atoms with E-state index in [0.717, 1.165) is 47.5 Å². The van der Waals surface area contributed by atoms with E-state index in [9.17, 15) is 19.2 Å². The van der Waals surface area contributed by atoms with Gasteiger partial charge < -0.3 is 0 Å². The molecule has 1 aromatic carbocycles. The summed E-state index contributed by atoms with van der Waals surface area (Å²) in [5.41, 5.74) is 1.43. The molecule has 126 valence electrons. The van der Waals surface area contributed by atoms with E-state index in [1.165, 1.54) is 0 Å². The van der Waals surface area contributed by atoms with Crippen molar-refractivity contribution in [3.8, 4) is 0 Å². The smallest absolute Gasteiger partial charge is 0.292 e. The molecule has 0 atom stereocenters. The van der Waals surface area contributed by atoms with Crippen LogP contribution in [0.2, 0.25) is 0 Å². The Balaban J connectivity index is 1.74. The van der Waals surface area contributed by atoms with Crippen molar-refractivity contribution in [1.82, 2.24) is 9.80 Å². The molecule has 0 unspecified atom stereocenters. The van der Waals surface area contributed by atoms with Gasteiger partial charge in [0, 0.05) is 11.6 Å². The number of urea groups is 1. The zero-order chi connectivity index (χ0) is 17.3. The second kappa shape index (κ2) is 6.55. The van der Waals surface area contributed by atoms with Gasteiger partial charge in [-0.25, -0.2) is 9.69 Å². The Hall–Kier alpha value is -2.50. The molecule has 1 aromatic rings. The molecule has 6 heteroatoms. The number of ketones is 1. The van der Waals surface area contributed by atoms with Crippen LogP contribution in [0.15, 0.2) is 24.3 Å². The lowest BCUT2D eigenvalue weighted by atomic mass is 9.94. The Morgan fingerprint density at radius 3 is 2.25 bits per heavy atom. The van der Waals surface area contributed by atoms with E-state index in [2.05, 4.69) is 0 Å². The van der Waals surface area contributed by atoms with Crippen LogP contribution in [-0.2, 0) is 9.59 Å². The molecular formula is C18H20N2O4. The van der Waals surface area contributed by atoms with Gasteiger partial charge in [-0.3, -0.25) is 19.3 Å². The fourth-order valence-corrected chi connectivity index (χ4v) is 3.30. The van der Waals surface area contributed by atoms with Crippen LogP contribution in [0.1, 0.15) is 48.0 Å². The van der Waals surface area contributed by atoms with Crippen LogP contribution in [0.5, 0.6) is 0 Å². The molecule has 0 radical (unpaired) electrons. The fourth-order valence-electron chi connectivity index (χ4n) is 3.30. The molecule has 0 spiro atoms. The molecular weight excluding hydrogens is 308 g/mol. The molecule has 6 nitrogen and oxygen atoms in total. The molecule has 24 heavy (non-hydrogen) atoms. The second-order valence-corrected chi connectivity index (χ2v) is 6.43. The van der Waals surface area contributed by atoms with Gasteiger partial charge in [0.2, 0.25) is 0 Å². The zero-order valence-electron chi connectivity index (χ0n) is 13.7. The van der Waals surface area contributed by atoms with Crippen molar-refractivity contribution in [3.05, 3.63) is 35.4 Å². The first-order valence-corrected chi connectivity index (χ1v) is 8.28. The molecule has 1 saturated carbocycles. The van der Waals surface area contributed by atoms with Crippen molar-refractivity contribution in [2.45, 2.75) is 45.1 Å². The predicted molar refractivity (Wildman–Crippen MR) is 86.3 cm³/mol. The number of rotatable bonds is 4. The summed E-state index contributed by atoms with van der Waals surface area (Å²) in [6.07, 6.45) is 4.42. The number of Topliss-reactive ketones (excluding diaryl/α,β-unsaturated/α-hetero) is 1. The van der Waals surface area contributed by atoms with E-state index in [4.69, 9.17) is 0 Å². The largest absolute Gasteiger partial charge is 0.334 e. The number of carbonyl (C=O) groups excluding carboxylic acids is 4. The van der Waals surface area contributed by atoms with E-state index in [1.807, 2.05) is 6.92 Å². The van der Waals surface area contributed by atoms with Gasteiger partial charge >= 0.3 is 17.8 Å². The van der Waals surface area contributed by atoms with Gasteiger partial charge in [0.1, 0.15) is 0 Å². The van der Waals surface area contributed by atoms with E-state index >= 15 is 0 Å². The molecule has 1 aliphatic heterocycles. The first-order valence-electron chi connectivity index (χ1n) is 8.28. The Labute approximate surface area is 140 Å². The van der Waals surface area contributed by atoms with Crippen LogP contribution >= 0.6 is 0 Å². The molecule has 1 heterocycles. The summed E-state index contributed by atoms with van der Waals surface area (Å²) in [6, 6.07) is 6.02. The highest BCUT2D eigenvalue weighted by Crippen LogP contribution is 2.27. The van der Waals surface area contributed by atoms with Gasteiger partial charge in [0.05, 0.1) is 6.54 Å². The maximum absolute atomic E-state index is 12.5. The van der Waals surface area contributed by atoms with Crippen LogP contribution < -0.4 is 0 Å². The predicted octanol–water partition coefficient (Wildman–Crippen LogP) is 2.30. The number of hydrogen-bond acceptors (Lipinski definition) is 4. The van der Waals surface area contributed by atoms with Crippen molar-refractivity contribution < 1.29 is 19.2 Å². The lowest BCUT2D eigenvalue weighted by molar-refractivity contribution is -0.144. The quantitative estimate of drug-likeness (QED) is 0.483. The van der Waals surface area contributed by atoms with Crippen molar-refractivity contribution in [2.24, 2.45) is 0 Å². The van der Waals surface area contributed by atoms with Crippen LogP contribution in [0.3, 0.4) is 0 Å². The van der Waals surface area contributed by atoms with Crippen LogP contribution in [0.4, 0.5) is 4.79 Å². The van der Waals surface area contributed by atoms with Crippen LogP contribution in [-0.4, -0.2) is 46.0 Å². The van der Waals surface area contributed by atoms with Crippen LogP contribution in [0.25, 0.3) is 0 Å². The Morgan fingerprint density at radius 1 is 1.00 bits per heavy atom. The number of amides is 4. The minimum absolute atomic E-state index is 0.220. The van der Waals surface area contributed by atoms with E-state index in [0.29, 0.717) is 5.56 Å². The van der Waals surface area contributed by atoms with Gasteiger partial charge in [-0.1, -0.05) is 49.1 Å². The molecule has 1 aliphatic carbocycles. The first kappa shape index (κ1) is 16.4.